The molecule has 0 saturated carbocycles. The Hall–Kier alpha value is -2.01. The van der Waals surface area contributed by atoms with E-state index in [0.717, 1.165) is 18.4 Å². The molecule has 2 atom stereocenters. The highest BCUT2D eigenvalue weighted by atomic mass is 19.2. The molecule has 0 N–H and O–H groups in total. The molecule has 0 radical (unpaired) electrons. The van der Waals surface area contributed by atoms with Crippen molar-refractivity contribution in [3.63, 3.8) is 0 Å². The number of halogens is 3. The van der Waals surface area contributed by atoms with E-state index in [1.54, 1.807) is 13.0 Å². The fourth-order valence-electron chi connectivity index (χ4n) is 4.11. The largest absolute Gasteiger partial charge is 0.491 e. The summed E-state index contributed by atoms with van der Waals surface area (Å²) in [5.74, 6) is -2.38. The third kappa shape index (κ3) is 5.37. The van der Waals surface area contributed by atoms with Crippen LogP contribution in [-0.4, -0.2) is 13.2 Å². The van der Waals surface area contributed by atoms with Gasteiger partial charge in [-0.05, 0) is 55.9 Å². The maximum absolute atomic E-state index is 14.8. The van der Waals surface area contributed by atoms with Crippen LogP contribution in [0.1, 0.15) is 70.5 Å². The van der Waals surface area contributed by atoms with Crippen LogP contribution in [0.4, 0.5) is 13.2 Å². The number of hydrogen-bond donors (Lipinski definition) is 0. The van der Waals surface area contributed by atoms with E-state index in [9.17, 15) is 13.2 Å². The van der Waals surface area contributed by atoms with Crippen molar-refractivity contribution in [2.45, 2.75) is 64.9 Å². The van der Waals surface area contributed by atoms with Crippen molar-refractivity contribution in [2.24, 2.45) is 5.92 Å². The Bertz CT molecular complexity index is 829. The lowest BCUT2D eigenvalue weighted by Crippen LogP contribution is -2.20. The van der Waals surface area contributed by atoms with Crippen molar-refractivity contribution in [1.82, 2.24) is 0 Å². The molecule has 0 amide bonds. The van der Waals surface area contributed by atoms with Gasteiger partial charge in [0.25, 0.3) is 0 Å². The minimum Gasteiger partial charge on any atom is -0.491 e. The normalized spacial score (nSPS) is 19.1. The summed E-state index contributed by atoms with van der Waals surface area (Å²) in [4.78, 5) is 0. The van der Waals surface area contributed by atoms with Crippen LogP contribution in [0.3, 0.4) is 0 Å². The lowest BCUT2D eigenvalue weighted by atomic mass is 9.90. The molecular weight excluding hydrogens is 389 g/mol. The predicted octanol–water partition coefficient (Wildman–Crippen LogP) is 7.61. The summed E-state index contributed by atoms with van der Waals surface area (Å²) < 4.78 is 54.5. The fraction of sp³-hybridized carbons (Fsp3) is 0.520. The first-order valence-corrected chi connectivity index (χ1v) is 11.1. The van der Waals surface area contributed by atoms with Crippen molar-refractivity contribution in [3.05, 3.63) is 53.3 Å². The first kappa shape index (κ1) is 22.7. The molecule has 2 aromatic rings. The van der Waals surface area contributed by atoms with Gasteiger partial charge in [-0.2, -0.15) is 4.39 Å². The quantitative estimate of drug-likeness (QED) is 0.389. The van der Waals surface area contributed by atoms with Crippen LogP contribution in [0.5, 0.6) is 5.75 Å². The lowest BCUT2D eigenvalue weighted by molar-refractivity contribution is -0.0200. The van der Waals surface area contributed by atoms with Crippen LogP contribution < -0.4 is 4.74 Å². The van der Waals surface area contributed by atoms with Gasteiger partial charge in [-0.25, -0.2) is 8.78 Å². The monoisotopic (exact) mass is 420 g/mol. The average molecular weight is 421 g/mol. The first-order chi connectivity index (χ1) is 14.5. The van der Waals surface area contributed by atoms with Gasteiger partial charge in [0.2, 0.25) is 5.82 Å². The van der Waals surface area contributed by atoms with Crippen molar-refractivity contribution >= 4 is 0 Å². The Labute approximate surface area is 177 Å². The van der Waals surface area contributed by atoms with E-state index in [0.29, 0.717) is 12.5 Å². The number of benzene rings is 2. The highest BCUT2D eigenvalue weighted by Gasteiger charge is 2.24. The molecule has 0 spiro atoms. The third-order valence-electron chi connectivity index (χ3n) is 5.84. The zero-order chi connectivity index (χ0) is 21.5. The van der Waals surface area contributed by atoms with E-state index in [1.807, 2.05) is 0 Å². The summed E-state index contributed by atoms with van der Waals surface area (Å²) in [6, 6.07) is 7.31. The van der Waals surface area contributed by atoms with Crippen LogP contribution in [0.15, 0.2) is 30.3 Å². The fourth-order valence-corrected chi connectivity index (χ4v) is 4.11. The molecular formula is C25H31F3O2. The van der Waals surface area contributed by atoms with Gasteiger partial charge in [0.1, 0.15) is 5.82 Å². The van der Waals surface area contributed by atoms with Gasteiger partial charge in [0.15, 0.2) is 11.6 Å². The standard InChI is InChI=1S/C25H31F3O2/c1-3-5-6-7-8-17-9-13-22(30-16-17)18-10-11-19(21(26)15-18)20-12-14-23(29-4-2)25(28)24(20)27/h10-12,14-15,17,22H,3-9,13,16H2,1-2H3. The maximum Gasteiger partial charge on any atom is 0.201 e. The molecule has 0 aliphatic carbocycles. The summed E-state index contributed by atoms with van der Waals surface area (Å²) in [5.41, 5.74) is 0.659. The highest BCUT2D eigenvalue weighted by Crippen LogP contribution is 2.36. The van der Waals surface area contributed by atoms with E-state index in [-0.39, 0.29) is 29.6 Å². The Morgan fingerprint density at radius 1 is 0.933 bits per heavy atom. The minimum absolute atomic E-state index is 0.0304. The molecule has 1 aliphatic rings. The van der Waals surface area contributed by atoms with Crippen molar-refractivity contribution in [2.75, 3.05) is 13.2 Å². The van der Waals surface area contributed by atoms with Crippen molar-refractivity contribution in [3.8, 4) is 16.9 Å². The predicted molar refractivity (Wildman–Crippen MR) is 113 cm³/mol. The van der Waals surface area contributed by atoms with E-state index in [2.05, 4.69) is 6.92 Å². The number of hydrogen-bond acceptors (Lipinski definition) is 2. The second kappa shape index (κ2) is 10.9. The number of rotatable bonds is 9. The van der Waals surface area contributed by atoms with Gasteiger partial charge in [0, 0.05) is 11.1 Å². The molecule has 2 aromatic carbocycles. The molecule has 164 valence electrons. The Morgan fingerprint density at radius 2 is 1.73 bits per heavy atom. The number of unbranched alkanes of at least 4 members (excludes halogenated alkanes) is 3. The van der Waals surface area contributed by atoms with Crippen LogP contribution in [0, 0.1) is 23.4 Å². The van der Waals surface area contributed by atoms with Gasteiger partial charge in [-0.3, -0.25) is 0 Å². The van der Waals surface area contributed by atoms with Crippen molar-refractivity contribution in [1.29, 1.82) is 0 Å². The number of ether oxygens (including phenoxy) is 2. The second-order valence-electron chi connectivity index (χ2n) is 8.03. The Balaban J connectivity index is 1.66. The molecule has 1 aliphatic heterocycles. The molecule has 1 fully saturated rings. The molecule has 1 heterocycles. The molecule has 1 saturated heterocycles. The highest BCUT2D eigenvalue weighted by molar-refractivity contribution is 5.66. The van der Waals surface area contributed by atoms with Crippen LogP contribution in [0.2, 0.25) is 0 Å². The summed E-state index contributed by atoms with van der Waals surface area (Å²) in [5, 5.41) is 0. The summed E-state index contributed by atoms with van der Waals surface area (Å²) in [7, 11) is 0. The molecule has 0 aromatic heterocycles. The summed E-state index contributed by atoms with van der Waals surface area (Å²) in [6.07, 6.45) is 7.97. The molecule has 30 heavy (non-hydrogen) atoms. The Morgan fingerprint density at radius 3 is 2.40 bits per heavy atom. The van der Waals surface area contributed by atoms with E-state index >= 15 is 0 Å². The molecule has 5 heteroatoms. The van der Waals surface area contributed by atoms with Crippen LogP contribution in [-0.2, 0) is 4.74 Å². The van der Waals surface area contributed by atoms with Gasteiger partial charge in [0.05, 0.1) is 19.3 Å². The second-order valence-corrected chi connectivity index (χ2v) is 8.03. The topological polar surface area (TPSA) is 18.5 Å². The third-order valence-corrected chi connectivity index (χ3v) is 5.84. The van der Waals surface area contributed by atoms with Gasteiger partial charge in [-0.15, -0.1) is 0 Å². The van der Waals surface area contributed by atoms with E-state index in [4.69, 9.17) is 9.47 Å². The van der Waals surface area contributed by atoms with E-state index < -0.39 is 17.5 Å². The lowest BCUT2D eigenvalue weighted by Gasteiger charge is -2.29. The molecule has 2 nitrogen and oxygen atoms in total. The molecule has 2 unspecified atom stereocenters. The molecule has 3 rings (SSSR count). The zero-order valence-corrected chi connectivity index (χ0v) is 17.9. The zero-order valence-electron chi connectivity index (χ0n) is 17.9. The van der Waals surface area contributed by atoms with Gasteiger partial charge < -0.3 is 9.47 Å². The maximum atomic E-state index is 14.8. The van der Waals surface area contributed by atoms with Crippen LogP contribution in [0.25, 0.3) is 11.1 Å². The summed E-state index contributed by atoms with van der Waals surface area (Å²) >= 11 is 0. The van der Waals surface area contributed by atoms with Crippen molar-refractivity contribution < 1.29 is 22.6 Å². The first-order valence-electron chi connectivity index (χ1n) is 11.1. The SMILES string of the molecule is CCCCCCC1CCC(c2ccc(-c3ccc(OCC)c(F)c3F)c(F)c2)OC1. The average Bonchev–Trinajstić information content (AvgIpc) is 2.76. The summed E-state index contributed by atoms with van der Waals surface area (Å²) in [6.45, 7) is 4.81. The van der Waals surface area contributed by atoms with Gasteiger partial charge in [-0.1, -0.05) is 44.7 Å². The Kier molecular flexibility index (Phi) is 8.20. The molecule has 0 bridgehead atoms. The van der Waals surface area contributed by atoms with Gasteiger partial charge >= 0.3 is 0 Å². The smallest absolute Gasteiger partial charge is 0.201 e. The minimum atomic E-state index is -1.10. The van der Waals surface area contributed by atoms with E-state index in [1.165, 1.54) is 56.4 Å². The van der Waals surface area contributed by atoms with Crippen LogP contribution >= 0.6 is 0 Å².